The van der Waals surface area contributed by atoms with Crippen LogP contribution < -0.4 is 10.6 Å². The van der Waals surface area contributed by atoms with Crippen molar-refractivity contribution in [3.05, 3.63) is 100 Å². The molecule has 0 bridgehead atoms. The zero-order chi connectivity index (χ0) is 33.6. The van der Waals surface area contributed by atoms with Gasteiger partial charge in [0.15, 0.2) is 11.6 Å². The number of carbonyl (C=O) groups excluding carboxylic acids is 1. The number of hydrogen-bond acceptors (Lipinski definition) is 5. The molecule has 8 nitrogen and oxygen atoms in total. The fourth-order valence-electron chi connectivity index (χ4n) is 6.86. The Bertz CT molecular complexity index is 1700. The van der Waals surface area contributed by atoms with Gasteiger partial charge in [0.05, 0.1) is 10.8 Å². The Morgan fingerprint density at radius 3 is 2.47 bits per heavy atom. The molecule has 1 amide bonds. The van der Waals surface area contributed by atoms with Crippen LogP contribution in [-0.2, 0) is 26.0 Å². The molecule has 0 saturated carbocycles. The Hall–Kier alpha value is -3.76. The Balaban J connectivity index is 1.33. The predicted molar refractivity (Wildman–Crippen MR) is 174 cm³/mol. The smallest absolute Gasteiger partial charge is 0.355 e. The Morgan fingerprint density at radius 2 is 1.77 bits per heavy atom. The minimum absolute atomic E-state index is 0.148. The molecule has 0 aliphatic carbocycles. The highest BCUT2D eigenvalue weighted by atomic mass is 32.2. The second-order valence-corrected chi connectivity index (χ2v) is 14.0. The van der Waals surface area contributed by atoms with Crippen molar-refractivity contribution in [2.45, 2.75) is 68.0 Å². The number of nitrogens with zero attached hydrogens (tertiary/aromatic N) is 2. The molecule has 5 rings (SSSR count). The number of piperazine rings is 1. The topological polar surface area (TPSA) is 92.1 Å². The molecule has 0 aromatic heterocycles. The lowest BCUT2D eigenvalue weighted by Crippen LogP contribution is -2.58. The minimum atomic E-state index is -3.76. The van der Waals surface area contributed by atoms with Gasteiger partial charge in [0.1, 0.15) is 5.82 Å². The quantitative estimate of drug-likeness (QED) is 0.263. The van der Waals surface area contributed by atoms with Crippen LogP contribution in [0.15, 0.2) is 71.6 Å². The number of benzene rings is 3. The standard InChI is InChI=1S/C35H39F3N4O4S/c1-23-21-40-22-26(42(23)47(44,45)27-9-4-3-5-10-27)8-6-11-28-29(36)12-7-13-32(28)41-35(43)34(39-2)33(24-16-18-46-19-17-24)25-14-15-30(37)31(38)20-25/h2-5,7,9-10,12-15,20,23-24,26,33-34,40H,6,8,11,16-19,21-22H2,1H3/p+1. The van der Waals surface area contributed by atoms with Gasteiger partial charge in [-0.05, 0) is 86.9 Å². The molecule has 3 aromatic carbocycles. The molecule has 4 atom stereocenters. The Morgan fingerprint density at radius 1 is 1.02 bits per heavy atom. The number of rotatable bonds is 11. The van der Waals surface area contributed by atoms with Crippen molar-refractivity contribution >= 4 is 21.6 Å². The first-order valence-electron chi connectivity index (χ1n) is 15.9. The van der Waals surface area contributed by atoms with E-state index in [4.69, 9.17) is 11.3 Å². The third kappa shape index (κ3) is 7.87. The van der Waals surface area contributed by atoms with Crippen molar-refractivity contribution in [1.29, 1.82) is 0 Å². The molecule has 250 valence electrons. The predicted octanol–water partition coefficient (Wildman–Crippen LogP) is 5.96. The van der Waals surface area contributed by atoms with Crippen molar-refractivity contribution < 1.29 is 31.1 Å². The van der Waals surface area contributed by atoms with Crippen LogP contribution in [0, 0.1) is 29.9 Å². The van der Waals surface area contributed by atoms with Gasteiger partial charge >= 0.3 is 11.9 Å². The van der Waals surface area contributed by atoms with Crippen molar-refractivity contribution in [1.82, 2.24) is 9.62 Å². The van der Waals surface area contributed by atoms with E-state index in [1.165, 1.54) is 18.2 Å². The lowest BCUT2D eigenvalue weighted by molar-refractivity contribution is -0.117. The molecule has 2 aliphatic rings. The van der Waals surface area contributed by atoms with Crippen LogP contribution in [0.25, 0.3) is 4.85 Å². The lowest BCUT2D eigenvalue weighted by Gasteiger charge is -2.40. The monoisotopic (exact) mass is 669 g/mol. The average molecular weight is 670 g/mol. The highest BCUT2D eigenvalue weighted by molar-refractivity contribution is 7.89. The van der Waals surface area contributed by atoms with Gasteiger partial charge < -0.3 is 15.4 Å². The highest BCUT2D eigenvalue weighted by Crippen LogP contribution is 2.38. The van der Waals surface area contributed by atoms with Crippen molar-refractivity contribution in [3.63, 3.8) is 0 Å². The summed E-state index contributed by atoms with van der Waals surface area (Å²) < 4.78 is 77.7. The largest absolute Gasteiger partial charge is 0.381 e. The Kier molecular flexibility index (Phi) is 11.3. The molecule has 2 heterocycles. The van der Waals surface area contributed by atoms with Gasteiger partial charge in [-0.1, -0.05) is 35.2 Å². The molecule has 0 radical (unpaired) electrons. The molecule has 47 heavy (non-hydrogen) atoms. The number of ether oxygens (including phenoxy) is 1. The van der Waals surface area contributed by atoms with E-state index in [1.807, 2.05) is 6.92 Å². The van der Waals surface area contributed by atoms with Gasteiger partial charge in [0, 0.05) is 49.6 Å². The fourth-order valence-corrected chi connectivity index (χ4v) is 8.72. The van der Waals surface area contributed by atoms with Crippen LogP contribution in [0.5, 0.6) is 0 Å². The highest BCUT2D eigenvalue weighted by Gasteiger charge is 2.44. The summed E-state index contributed by atoms with van der Waals surface area (Å²) in [5.41, 5.74) is 0.889. The van der Waals surface area contributed by atoms with Gasteiger partial charge in [0.25, 0.3) is 6.57 Å². The van der Waals surface area contributed by atoms with E-state index in [0.29, 0.717) is 57.6 Å². The number of halogens is 3. The Labute approximate surface area is 274 Å². The summed E-state index contributed by atoms with van der Waals surface area (Å²) in [4.78, 5) is 17.9. The number of carbonyl (C=O) groups is 1. The molecule has 2 saturated heterocycles. The van der Waals surface area contributed by atoms with Gasteiger partial charge in [-0.15, -0.1) is 0 Å². The molecular formula is C35H40F3N4O4S+. The first-order valence-corrected chi connectivity index (χ1v) is 17.4. The van der Waals surface area contributed by atoms with Crippen LogP contribution in [0.3, 0.4) is 0 Å². The maximum absolute atomic E-state index is 15.3. The first kappa shape index (κ1) is 34.6. The van der Waals surface area contributed by atoms with E-state index in [9.17, 15) is 22.0 Å². The maximum atomic E-state index is 15.3. The third-order valence-electron chi connectivity index (χ3n) is 9.15. The van der Waals surface area contributed by atoms with Gasteiger partial charge in [-0.25, -0.2) is 21.6 Å². The van der Waals surface area contributed by atoms with Gasteiger partial charge in [-0.2, -0.15) is 4.31 Å². The van der Waals surface area contributed by atoms with E-state index in [2.05, 4.69) is 15.5 Å². The number of amides is 1. The number of anilines is 1. The average Bonchev–Trinajstić information content (AvgIpc) is 3.07. The maximum Gasteiger partial charge on any atom is 0.355 e. The number of nitrogens with one attached hydrogen (secondary N) is 2. The zero-order valence-electron chi connectivity index (χ0n) is 26.2. The number of hydrogen-bond donors (Lipinski definition) is 2. The van der Waals surface area contributed by atoms with Crippen molar-refractivity contribution in [2.24, 2.45) is 5.92 Å². The van der Waals surface area contributed by atoms with E-state index >= 15 is 4.39 Å². The molecule has 12 heteroatoms. The first-order chi connectivity index (χ1) is 22.6. The summed E-state index contributed by atoms with van der Waals surface area (Å²) in [6, 6.07) is 14.4. The molecule has 2 N–H and O–H groups in total. The summed E-state index contributed by atoms with van der Waals surface area (Å²) >= 11 is 0. The summed E-state index contributed by atoms with van der Waals surface area (Å²) in [5, 5.41) is 6.10. The van der Waals surface area contributed by atoms with E-state index < -0.39 is 45.3 Å². The second-order valence-electron chi connectivity index (χ2n) is 12.2. The molecule has 4 unspecified atom stereocenters. The van der Waals surface area contributed by atoms with Crippen LogP contribution in [-0.4, -0.2) is 63.1 Å². The lowest BCUT2D eigenvalue weighted by atomic mass is 9.76. The summed E-state index contributed by atoms with van der Waals surface area (Å²) in [6.45, 7) is 9.51. The molecular weight excluding hydrogens is 629 g/mol. The van der Waals surface area contributed by atoms with Gasteiger partial charge in [-0.3, -0.25) is 4.79 Å². The van der Waals surface area contributed by atoms with Crippen molar-refractivity contribution in [3.8, 4) is 6.57 Å². The molecule has 2 fully saturated rings. The minimum Gasteiger partial charge on any atom is -0.381 e. The normalized spacial score (nSPS) is 20.7. The summed E-state index contributed by atoms with van der Waals surface area (Å²) in [7, 11) is -3.76. The van der Waals surface area contributed by atoms with E-state index in [0.717, 1.165) is 12.1 Å². The fraction of sp³-hybridized carbons (Fsp3) is 0.429. The summed E-state index contributed by atoms with van der Waals surface area (Å²) in [6.07, 6.45) is 2.25. The van der Waals surface area contributed by atoms with Crippen LogP contribution >= 0.6 is 0 Å². The summed E-state index contributed by atoms with van der Waals surface area (Å²) in [5.74, 6) is -3.99. The second kappa shape index (κ2) is 15.4. The van der Waals surface area contributed by atoms with Crippen LogP contribution in [0.4, 0.5) is 18.9 Å². The van der Waals surface area contributed by atoms with Crippen molar-refractivity contribution in [2.75, 3.05) is 31.6 Å². The van der Waals surface area contributed by atoms with Crippen LogP contribution in [0.1, 0.15) is 49.7 Å². The third-order valence-corrected chi connectivity index (χ3v) is 11.2. The zero-order valence-corrected chi connectivity index (χ0v) is 27.1. The number of sulfonamides is 1. The molecule has 0 spiro atoms. The van der Waals surface area contributed by atoms with Gasteiger partial charge in [0.2, 0.25) is 10.0 Å². The van der Waals surface area contributed by atoms with E-state index in [-0.39, 0.29) is 40.6 Å². The van der Waals surface area contributed by atoms with Crippen LogP contribution in [0.2, 0.25) is 0 Å². The molecule has 3 aromatic rings. The van der Waals surface area contributed by atoms with E-state index in [1.54, 1.807) is 40.7 Å². The molecule has 2 aliphatic heterocycles. The SMILES string of the molecule is C#[N+]C(C(=O)Nc1cccc(F)c1CCCC1CNCC(C)N1S(=O)(=O)c1ccccc1)C(c1ccc(F)c(F)c1)C1CCOCC1.